The molecule has 8 heteroatoms. The van der Waals surface area contributed by atoms with E-state index in [1.807, 2.05) is 20.8 Å². The van der Waals surface area contributed by atoms with Gasteiger partial charge < -0.3 is 24.4 Å². The van der Waals surface area contributed by atoms with Gasteiger partial charge in [-0.15, -0.1) is 0 Å². The Morgan fingerprint density at radius 3 is 2.69 bits per heavy atom. The van der Waals surface area contributed by atoms with Crippen LogP contribution in [0.3, 0.4) is 0 Å². The van der Waals surface area contributed by atoms with Crippen molar-refractivity contribution >= 4 is 12.0 Å². The van der Waals surface area contributed by atoms with Crippen molar-refractivity contribution in [1.82, 2.24) is 10.2 Å². The van der Waals surface area contributed by atoms with Crippen LogP contribution >= 0.6 is 0 Å². The Kier molecular flexibility index (Phi) is 6.62. The normalized spacial score (nSPS) is 17.3. The zero-order valence-corrected chi connectivity index (χ0v) is 17.3. The third-order valence-electron chi connectivity index (χ3n) is 4.96. The van der Waals surface area contributed by atoms with Crippen LogP contribution in [0.2, 0.25) is 0 Å². The fourth-order valence-electron chi connectivity index (χ4n) is 3.56. The number of piperidine rings is 1. The summed E-state index contributed by atoms with van der Waals surface area (Å²) in [7, 11) is 0. The molecule has 0 spiro atoms. The number of nitrogens with one attached hydrogen (secondary N) is 1. The van der Waals surface area contributed by atoms with Crippen molar-refractivity contribution in [2.24, 2.45) is 5.92 Å². The molecular weight excluding hydrogens is 379 g/mol. The minimum absolute atomic E-state index is 0.0386. The molecule has 1 aromatic rings. The highest BCUT2D eigenvalue weighted by atomic mass is 19.1. The first-order chi connectivity index (χ1) is 13.7. The van der Waals surface area contributed by atoms with E-state index in [9.17, 15) is 14.0 Å². The Balaban J connectivity index is 1.46. The smallest absolute Gasteiger partial charge is 0.410 e. The van der Waals surface area contributed by atoms with Crippen LogP contribution < -0.4 is 10.1 Å². The van der Waals surface area contributed by atoms with Gasteiger partial charge in [-0.05, 0) is 57.7 Å². The first-order valence-electron chi connectivity index (χ1n) is 10.0. The average Bonchev–Trinajstić information content (AvgIpc) is 2.66. The monoisotopic (exact) mass is 408 g/mol. The Bertz CT molecular complexity index is 754. The predicted octanol–water partition coefficient (Wildman–Crippen LogP) is 3.00. The summed E-state index contributed by atoms with van der Waals surface area (Å²) in [5.41, 5.74) is 0.882. The van der Waals surface area contributed by atoms with Gasteiger partial charge in [-0.1, -0.05) is 0 Å². The van der Waals surface area contributed by atoms with Crippen LogP contribution in [0.1, 0.15) is 44.7 Å². The van der Waals surface area contributed by atoms with E-state index in [2.05, 4.69) is 5.32 Å². The van der Waals surface area contributed by atoms with Crippen molar-refractivity contribution < 1.29 is 28.2 Å². The van der Waals surface area contributed by atoms with Crippen molar-refractivity contribution in [2.45, 2.75) is 52.2 Å². The Labute approximate surface area is 170 Å². The van der Waals surface area contributed by atoms with Crippen LogP contribution in [0.25, 0.3) is 0 Å². The first-order valence-corrected chi connectivity index (χ1v) is 10.0. The molecule has 160 valence electrons. The number of carbonyl (C=O) groups excluding carboxylic acids is 2. The molecule has 1 N–H and O–H groups in total. The van der Waals surface area contributed by atoms with Crippen LogP contribution in [-0.4, -0.2) is 48.9 Å². The number of likely N-dealkylation sites (tertiary alicyclic amines) is 1. The highest BCUT2D eigenvalue weighted by Crippen LogP contribution is 2.29. The lowest BCUT2D eigenvalue weighted by atomic mass is 9.96. The van der Waals surface area contributed by atoms with Crippen molar-refractivity contribution in [3.8, 4) is 5.75 Å². The van der Waals surface area contributed by atoms with E-state index in [0.717, 1.165) is 5.56 Å². The highest BCUT2D eigenvalue weighted by molar-refractivity contribution is 5.79. The van der Waals surface area contributed by atoms with Gasteiger partial charge in [-0.2, -0.15) is 0 Å². The van der Waals surface area contributed by atoms with Gasteiger partial charge in [0.2, 0.25) is 5.91 Å². The van der Waals surface area contributed by atoms with Crippen LogP contribution in [0, 0.1) is 11.7 Å². The third-order valence-corrected chi connectivity index (χ3v) is 4.96. The topological polar surface area (TPSA) is 77.1 Å². The second kappa shape index (κ2) is 8.98. The highest BCUT2D eigenvalue weighted by Gasteiger charge is 2.29. The second-order valence-corrected chi connectivity index (χ2v) is 8.45. The summed E-state index contributed by atoms with van der Waals surface area (Å²) < 4.78 is 29.9. The number of nitrogens with zero attached hydrogens (tertiary/aromatic N) is 1. The van der Waals surface area contributed by atoms with Gasteiger partial charge in [0.05, 0.1) is 6.61 Å². The van der Waals surface area contributed by atoms with E-state index < -0.39 is 5.60 Å². The summed E-state index contributed by atoms with van der Waals surface area (Å²) in [5.74, 6) is 0.134. The van der Waals surface area contributed by atoms with E-state index in [1.54, 1.807) is 4.90 Å². The Hall–Kier alpha value is -2.35. The number of hydrogen-bond acceptors (Lipinski definition) is 5. The molecule has 0 aliphatic carbocycles. The summed E-state index contributed by atoms with van der Waals surface area (Å²) in [6.07, 6.45) is 1.33. The van der Waals surface area contributed by atoms with Gasteiger partial charge >= 0.3 is 6.09 Å². The van der Waals surface area contributed by atoms with Crippen LogP contribution in [0.5, 0.6) is 5.75 Å². The summed E-state index contributed by atoms with van der Waals surface area (Å²) in [6.45, 7) is 7.36. The zero-order valence-electron chi connectivity index (χ0n) is 17.3. The number of benzene rings is 1. The lowest BCUT2D eigenvalue weighted by molar-refractivity contribution is -0.126. The van der Waals surface area contributed by atoms with Gasteiger partial charge in [0, 0.05) is 31.1 Å². The van der Waals surface area contributed by atoms with Crippen LogP contribution in [0.15, 0.2) is 12.1 Å². The number of halogens is 1. The molecule has 0 atom stereocenters. The standard InChI is InChI=1S/C21H29FN2O5/c1-21(2,3)29-20(26)24-8-5-14(6-9-24)19(25)23-7-4-15-10-17(22)11-16-12-27-13-28-18(15)16/h10-11,14H,4-9,12-13H2,1-3H3,(H,23,25). The minimum Gasteiger partial charge on any atom is -0.467 e. The second-order valence-electron chi connectivity index (χ2n) is 8.45. The molecule has 1 aromatic carbocycles. The number of ether oxygens (including phenoxy) is 3. The summed E-state index contributed by atoms with van der Waals surface area (Å²) >= 11 is 0. The van der Waals surface area contributed by atoms with E-state index in [-0.39, 0.29) is 30.5 Å². The molecule has 1 saturated heterocycles. The quantitative estimate of drug-likeness (QED) is 0.829. The third kappa shape index (κ3) is 5.82. The number of fused-ring (bicyclic) bond motifs is 1. The maximum atomic E-state index is 13.8. The molecule has 3 rings (SSSR count). The molecule has 0 bridgehead atoms. The lowest BCUT2D eigenvalue weighted by Gasteiger charge is -2.33. The molecule has 1 fully saturated rings. The Morgan fingerprint density at radius 1 is 1.28 bits per heavy atom. The number of hydrogen-bond donors (Lipinski definition) is 1. The maximum absolute atomic E-state index is 13.8. The zero-order chi connectivity index (χ0) is 21.0. The molecule has 2 heterocycles. The van der Waals surface area contributed by atoms with Crippen molar-refractivity contribution in [2.75, 3.05) is 26.4 Å². The largest absolute Gasteiger partial charge is 0.467 e. The molecule has 2 amide bonds. The molecule has 2 aliphatic heterocycles. The molecule has 0 saturated carbocycles. The molecule has 0 aromatic heterocycles. The number of carbonyl (C=O) groups is 2. The molecule has 7 nitrogen and oxygen atoms in total. The van der Waals surface area contributed by atoms with Gasteiger partial charge in [-0.25, -0.2) is 9.18 Å². The summed E-state index contributed by atoms with van der Waals surface area (Å²) in [5, 5.41) is 2.93. The van der Waals surface area contributed by atoms with E-state index in [4.69, 9.17) is 14.2 Å². The number of rotatable bonds is 4. The van der Waals surface area contributed by atoms with Gasteiger partial charge in [0.1, 0.15) is 17.2 Å². The molecule has 0 radical (unpaired) electrons. The van der Waals surface area contributed by atoms with E-state index >= 15 is 0 Å². The molecule has 2 aliphatic rings. The van der Waals surface area contributed by atoms with Gasteiger partial charge in [0.15, 0.2) is 6.79 Å². The van der Waals surface area contributed by atoms with Crippen LogP contribution in [-0.2, 0) is 27.3 Å². The summed E-state index contributed by atoms with van der Waals surface area (Å²) in [4.78, 5) is 26.2. The van der Waals surface area contributed by atoms with Crippen molar-refractivity contribution in [3.05, 3.63) is 29.1 Å². The first kappa shape index (κ1) is 21.4. The lowest BCUT2D eigenvalue weighted by Crippen LogP contribution is -2.45. The van der Waals surface area contributed by atoms with Gasteiger partial charge in [-0.3, -0.25) is 4.79 Å². The van der Waals surface area contributed by atoms with Crippen LogP contribution in [0.4, 0.5) is 9.18 Å². The maximum Gasteiger partial charge on any atom is 0.410 e. The minimum atomic E-state index is -0.531. The summed E-state index contributed by atoms with van der Waals surface area (Å²) in [6, 6.07) is 2.85. The molecular formula is C21H29FN2O5. The van der Waals surface area contributed by atoms with E-state index in [1.165, 1.54) is 12.1 Å². The molecule has 0 unspecified atom stereocenters. The van der Waals surface area contributed by atoms with Crippen molar-refractivity contribution in [3.63, 3.8) is 0 Å². The fraction of sp³-hybridized carbons (Fsp3) is 0.619. The van der Waals surface area contributed by atoms with E-state index in [0.29, 0.717) is 56.8 Å². The fourth-order valence-corrected chi connectivity index (χ4v) is 3.56. The number of amides is 2. The Morgan fingerprint density at radius 2 is 2.00 bits per heavy atom. The van der Waals surface area contributed by atoms with Crippen molar-refractivity contribution in [1.29, 1.82) is 0 Å². The average molecular weight is 408 g/mol. The van der Waals surface area contributed by atoms with Gasteiger partial charge in [0.25, 0.3) is 0 Å². The molecule has 29 heavy (non-hydrogen) atoms. The SMILES string of the molecule is CC(C)(C)OC(=O)N1CCC(C(=O)NCCc2cc(F)cc3c2OCOC3)CC1. The predicted molar refractivity (Wildman–Crippen MR) is 104 cm³/mol.